The summed E-state index contributed by atoms with van der Waals surface area (Å²) in [5.74, 6) is -2.77. The highest BCUT2D eigenvalue weighted by atomic mass is 19.1. The summed E-state index contributed by atoms with van der Waals surface area (Å²) in [5.41, 5.74) is 0.826. The Hall–Kier alpha value is -3.86. The minimum atomic E-state index is -1.09. The number of benzene rings is 1. The summed E-state index contributed by atoms with van der Waals surface area (Å²) in [4.78, 5) is 58.0. The summed E-state index contributed by atoms with van der Waals surface area (Å²) in [5, 5.41) is 2.65. The van der Waals surface area contributed by atoms with Gasteiger partial charge in [0.25, 0.3) is 5.91 Å². The number of piperazine rings is 1. The molecule has 2 atom stereocenters. The maximum atomic E-state index is 13.6. The molecule has 0 spiro atoms. The fraction of sp³-hybridized carbons (Fsp3) is 0.375. The van der Waals surface area contributed by atoms with Crippen LogP contribution >= 0.6 is 0 Å². The van der Waals surface area contributed by atoms with Crippen molar-refractivity contribution in [1.82, 2.24) is 20.1 Å². The molecule has 11 heteroatoms. The molecule has 10 nitrogen and oxygen atoms in total. The van der Waals surface area contributed by atoms with Gasteiger partial charge in [-0.1, -0.05) is 12.1 Å². The van der Waals surface area contributed by atoms with Crippen molar-refractivity contribution in [3.63, 3.8) is 0 Å². The Balaban J connectivity index is 1.81. The predicted molar refractivity (Wildman–Crippen MR) is 122 cm³/mol. The Morgan fingerprint density at radius 2 is 1.97 bits per heavy atom. The summed E-state index contributed by atoms with van der Waals surface area (Å²) in [6, 6.07) is 6.56. The number of aromatic nitrogens is 1. The molecule has 1 aromatic heterocycles. The second-order valence-corrected chi connectivity index (χ2v) is 7.95. The van der Waals surface area contributed by atoms with Crippen LogP contribution in [0.3, 0.4) is 0 Å². The van der Waals surface area contributed by atoms with E-state index in [2.05, 4.69) is 10.3 Å². The van der Waals surface area contributed by atoms with Gasteiger partial charge in [-0.15, -0.1) is 0 Å². The number of carbonyl (C=O) groups is 4. The minimum Gasteiger partial charge on any atom is -0.467 e. The maximum absolute atomic E-state index is 13.6. The van der Waals surface area contributed by atoms with Gasteiger partial charge in [-0.05, 0) is 29.8 Å². The quantitative estimate of drug-likeness (QED) is 0.538. The average Bonchev–Trinajstić information content (AvgIpc) is 2.87. The van der Waals surface area contributed by atoms with Crippen LogP contribution in [0.1, 0.15) is 15.9 Å². The molecule has 3 rings (SSSR count). The Morgan fingerprint density at radius 1 is 1.17 bits per heavy atom. The zero-order valence-electron chi connectivity index (χ0n) is 19.5. The van der Waals surface area contributed by atoms with E-state index in [1.807, 2.05) is 0 Å². The van der Waals surface area contributed by atoms with E-state index in [9.17, 15) is 23.6 Å². The first-order chi connectivity index (χ1) is 16.8. The number of pyridine rings is 1. The molecular formula is C24H27FN4O6. The number of hydrogen-bond donors (Lipinski definition) is 1. The predicted octanol–water partition coefficient (Wildman–Crippen LogP) is 0.421. The Kier molecular flexibility index (Phi) is 8.85. The van der Waals surface area contributed by atoms with Gasteiger partial charge in [-0.25, -0.2) is 9.18 Å². The van der Waals surface area contributed by atoms with Crippen LogP contribution < -0.4 is 5.32 Å². The van der Waals surface area contributed by atoms with Crippen LogP contribution in [-0.4, -0.2) is 91.0 Å². The number of hydrogen-bond acceptors (Lipinski definition) is 7. The molecule has 2 unspecified atom stereocenters. The highest BCUT2D eigenvalue weighted by Crippen LogP contribution is 2.16. The van der Waals surface area contributed by atoms with E-state index >= 15 is 0 Å². The lowest BCUT2D eigenvalue weighted by Crippen LogP contribution is -2.63. The molecule has 1 aliphatic rings. The maximum Gasteiger partial charge on any atom is 0.328 e. The van der Waals surface area contributed by atoms with Crippen molar-refractivity contribution in [1.29, 1.82) is 0 Å². The average molecular weight is 487 g/mol. The summed E-state index contributed by atoms with van der Waals surface area (Å²) >= 11 is 0. The van der Waals surface area contributed by atoms with Gasteiger partial charge in [0.1, 0.15) is 24.5 Å². The molecule has 2 aromatic rings. The van der Waals surface area contributed by atoms with Crippen LogP contribution in [0.5, 0.6) is 0 Å². The topological polar surface area (TPSA) is 118 Å². The van der Waals surface area contributed by atoms with Gasteiger partial charge in [0.2, 0.25) is 11.8 Å². The molecule has 1 saturated heterocycles. The third-order valence-corrected chi connectivity index (χ3v) is 5.59. The summed E-state index contributed by atoms with van der Waals surface area (Å²) in [6.45, 7) is -0.188. The molecule has 1 aromatic carbocycles. The number of halogens is 1. The highest BCUT2D eigenvalue weighted by Gasteiger charge is 2.38. The van der Waals surface area contributed by atoms with Crippen LogP contribution in [0.15, 0.2) is 48.8 Å². The molecule has 2 heterocycles. The first-order valence-corrected chi connectivity index (χ1v) is 10.9. The van der Waals surface area contributed by atoms with E-state index < -0.39 is 41.6 Å². The molecule has 3 amide bonds. The lowest BCUT2D eigenvalue weighted by Gasteiger charge is -2.40. The van der Waals surface area contributed by atoms with Crippen molar-refractivity contribution in [2.75, 3.05) is 40.5 Å². The van der Waals surface area contributed by atoms with Crippen LogP contribution in [-0.2, 0) is 30.3 Å². The summed E-state index contributed by atoms with van der Waals surface area (Å²) in [7, 11) is 2.57. The van der Waals surface area contributed by atoms with Gasteiger partial charge in [0.15, 0.2) is 0 Å². The van der Waals surface area contributed by atoms with Crippen LogP contribution in [0.25, 0.3) is 0 Å². The number of ether oxygens (including phenoxy) is 2. The van der Waals surface area contributed by atoms with E-state index in [1.165, 1.54) is 42.2 Å². The van der Waals surface area contributed by atoms with E-state index in [0.717, 1.165) is 6.07 Å². The number of rotatable bonds is 8. The second kappa shape index (κ2) is 12.0. The number of esters is 1. The fourth-order valence-electron chi connectivity index (χ4n) is 3.86. The zero-order valence-corrected chi connectivity index (χ0v) is 19.5. The largest absolute Gasteiger partial charge is 0.467 e. The SMILES string of the molecule is COCC(=O)N1CCN(C(=O)c2cccc(F)c2)CC1C(=O)NC(Cc1cccnc1)C(=O)OC. The van der Waals surface area contributed by atoms with Crippen molar-refractivity contribution in [3.8, 4) is 0 Å². The molecule has 0 saturated carbocycles. The van der Waals surface area contributed by atoms with Crippen molar-refractivity contribution in [3.05, 3.63) is 65.7 Å². The summed E-state index contributed by atoms with van der Waals surface area (Å²) < 4.78 is 23.4. The lowest BCUT2D eigenvalue weighted by atomic mass is 10.1. The smallest absolute Gasteiger partial charge is 0.328 e. The van der Waals surface area contributed by atoms with Crippen LogP contribution in [0.4, 0.5) is 4.39 Å². The van der Waals surface area contributed by atoms with Crippen molar-refractivity contribution >= 4 is 23.7 Å². The molecular weight excluding hydrogens is 459 g/mol. The molecule has 0 radical (unpaired) electrons. The minimum absolute atomic E-state index is 0.0623. The second-order valence-electron chi connectivity index (χ2n) is 7.95. The molecule has 1 N–H and O–H groups in total. The Bertz CT molecular complexity index is 1070. The summed E-state index contributed by atoms with van der Waals surface area (Å²) in [6.07, 6.45) is 3.27. The van der Waals surface area contributed by atoms with E-state index in [0.29, 0.717) is 5.56 Å². The van der Waals surface area contributed by atoms with Gasteiger partial charge in [0, 0.05) is 44.6 Å². The highest BCUT2D eigenvalue weighted by molar-refractivity contribution is 5.96. The third-order valence-electron chi connectivity index (χ3n) is 5.59. The number of methoxy groups -OCH3 is 2. The molecule has 1 aliphatic heterocycles. The van der Waals surface area contributed by atoms with Gasteiger partial charge in [-0.2, -0.15) is 0 Å². The third kappa shape index (κ3) is 6.60. The Labute approximate surface area is 202 Å². The number of nitrogens with zero attached hydrogens (tertiary/aromatic N) is 3. The number of amides is 3. The van der Waals surface area contributed by atoms with Crippen molar-refractivity contribution in [2.24, 2.45) is 0 Å². The van der Waals surface area contributed by atoms with Crippen molar-refractivity contribution in [2.45, 2.75) is 18.5 Å². The molecule has 0 bridgehead atoms. The first-order valence-electron chi connectivity index (χ1n) is 10.9. The molecule has 1 fully saturated rings. The Morgan fingerprint density at radius 3 is 2.63 bits per heavy atom. The lowest BCUT2D eigenvalue weighted by molar-refractivity contribution is -0.149. The van der Waals surface area contributed by atoms with Crippen LogP contribution in [0, 0.1) is 5.82 Å². The zero-order chi connectivity index (χ0) is 25.4. The van der Waals surface area contributed by atoms with E-state index in [4.69, 9.17) is 9.47 Å². The number of nitrogens with one attached hydrogen (secondary N) is 1. The number of carbonyl (C=O) groups excluding carboxylic acids is 4. The van der Waals surface area contributed by atoms with Crippen LogP contribution in [0.2, 0.25) is 0 Å². The van der Waals surface area contributed by atoms with Gasteiger partial charge < -0.3 is 24.6 Å². The monoisotopic (exact) mass is 486 g/mol. The van der Waals surface area contributed by atoms with Gasteiger partial charge in [-0.3, -0.25) is 19.4 Å². The van der Waals surface area contributed by atoms with Gasteiger partial charge in [0.05, 0.1) is 13.7 Å². The van der Waals surface area contributed by atoms with E-state index in [-0.39, 0.29) is 38.2 Å². The van der Waals surface area contributed by atoms with Crippen molar-refractivity contribution < 1.29 is 33.0 Å². The normalized spacial score (nSPS) is 16.4. The fourth-order valence-corrected chi connectivity index (χ4v) is 3.86. The van der Waals surface area contributed by atoms with Gasteiger partial charge >= 0.3 is 5.97 Å². The first kappa shape index (κ1) is 25.8. The standard InChI is InChI=1S/C24H27FN4O6/c1-34-15-21(30)29-10-9-28(23(32)17-6-3-7-18(25)12-17)14-20(29)22(31)27-19(24(33)35-2)11-16-5-4-8-26-13-16/h3-8,12-13,19-20H,9-11,14-15H2,1-2H3,(H,27,31). The molecule has 0 aliphatic carbocycles. The molecule has 186 valence electrons. The van der Waals surface area contributed by atoms with E-state index in [1.54, 1.807) is 24.5 Å². The molecule has 35 heavy (non-hydrogen) atoms.